The topological polar surface area (TPSA) is 12.0 Å². The van der Waals surface area contributed by atoms with Crippen LogP contribution < -0.4 is 5.32 Å². The highest BCUT2D eigenvalue weighted by molar-refractivity contribution is 9.10. The highest BCUT2D eigenvalue weighted by Gasteiger charge is 2.04. The van der Waals surface area contributed by atoms with E-state index in [9.17, 15) is 8.78 Å². The van der Waals surface area contributed by atoms with Crippen LogP contribution in [0, 0.1) is 18.6 Å². The zero-order valence-electron chi connectivity index (χ0n) is 9.81. The molecule has 2 aromatic rings. The largest absolute Gasteiger partial charge is 0.381 e. The summed E-state index contributed by atoms with van der Waals surface area (Å²) in [7, 11) is 0. The fourth-order valence-corrected chi connectivity index (χ4v) is 1.89. The Kier molecular flexibility index (Phi) is 3.97. The van der Waals surface area contributed by atoms with Crippen LogP contribution in [0.3, 0.4) is 0 Å². The molecule has 18 heavy (non-hydrogen) atoms. The molecule has 2 rings (SSSR count). The number of halogens is 3. The molecule has 0 aliphatic heterocycles. The van der Waals surface area contributed by atoms with Gasteiger partial charge in [0.15, 0.2) is 0 Å². The van der Waals surface area contributed by atoms with Gasteiger partial charge in [0.1, 0.15) is 11.6 Å². The maximum absolute atomic E-state index is 13.3. The standard InChI is InChI=1S/C14H12BrF2N/c1-9-12(16)3-2-4-14(9)18-8-10-5-6-11(15)13(17)7-10/h2-7,18H,8H2,1H3. The van der Waals surface area contributed by atoms with Crippen LogP contribution in [-0.4, -0.2) is 0 Å². The first-order valence-electron chi connectivity index (χ1n) is 5.51. The second kappa shape index (κ2) is 5.48. The molecule has 4 heteroatoms. The average Bonchev–Trinajstić information content (AvgIpc) is 2.35. The van der Waals surface area contributed by atoms with Crippen LogP contribution in [0.25, 0.3) is 0 Å². The molecule has 94 valence electrons. The number of benzene rings is 2. The van der Waals surface area contributed by atoms with E-state index < -0.39 is 0 Å². The lowest BCUT2D eigenvalue weighted by Crippen LogP contribution is -2.02. The van der Waals surface area contributed by atoms with E-state index in [1.807, 2.05) is 6.07 Å². The molecule has 0 bridgehead atoms. The van der Waals surface area contributed by atoms with Crippen LogP contribution in [0.15, 0.2) is 40.9 Å². The van der Waals surface area contributed by atoms with Crippen LogP contribution in [0.2, 0.25) is 0 Å². The molecular formula is C14H12BrF2N. The average molecular weight is 312 g/mol. The maximum atomic E-state index is 13.3. The van der Waals surface area contributed by atoms with Crippen LogP contribution in [0.4, 0.5) is 14.5 Å². The van der Waals surface area contributed by atoms with E-state index in [-0.39, 0.29) is 11.6 Å². The first kappa shape index (κ1) is 13.0. The van der Waals surface area contributed by atoms with Gasteiger partial charge in [-0.3, -0.25) is 0 Å². The van der Waals surface area contributed by atoms with Gasteiger partial charge in [0.25, 0.3) is 0 Å². The Hall–Kier alpha value is -1.42. The van der Waals surface area contributed by atoms with E-state index in [0.29, 0.717) is 16.6 Å². The van der Waals surface area contributed by atoms with Crippen LogP contribution in [0.1, 0.15) is 11.1 Å². The molecule has 0 unspecified atom stereocenters. The fraction of sp³-hybridized carbons (Fsp3) is 0.143. The quantitative estimate of drug-likeness (QED) is 0.870. The molecule has 1 nitrogen and oxygen atoms in total. The summed E-state index contributed by atoms with van der Waals surface area (Å²) in [6.07, 6.45) is 0. The number of nitrogens with one attached hydrogen (secondary N) is 1. The minimum Gasteiger partial charge on any atom is -0.381 e. The van der Waals surface area contributed by atoms with Crippen LogP contribution in [0.5, 0.6) is 0 Å². The number of anilines is 1. The summed E-state index contributed by atoms with van der Waals surface area (Å²) >= 11 is 3.10. The zero-order chi connectivity index (χ0) is 13.1. The fourth-order valence-electron chi connectivity index (χ4n) is 1.65. The monoisotopic (exact) mass is 311 g/mol. The molecule has 0 aliphatic carbocycles. The number of hydrogen-bond donors (Lipinski definition) is 1. The van der Waals surface area contributed by atoms with Crippen molar-refractivity contribution in [1.29, 1.82) is 0 Å². The molecule has 0 fully saturated rings. The van der Waals surface area contributed by atoms with Crippen molar-refractivity contribution in [2.75, 3.05) is 5.32 Å². The second-order valence-electron chi connectivity index (χ2n) is 4.01. The molecular weight excluding hydrogens is 300 g/mol. The van der Waals surface area contributed by atoms with Crippen molar-refractivity contribution in [3.8, 4) is 0 Å². The van der Waals surface area contributed by atoms with Gasteiger partial charge in [-0.25, -0.2) is 8.78 Å². The van der Waals surface area contributed by atoms with Gasteiger partial charge < -0.3 is 5.32 Å². The molecule has 0 aliphatic rings. The molecule has 0 aromatic heterocycles. The smallest absolute Gasteiger partial charge is 0.137 e. The third-order valence-electron chi connectivity index (χ3n) is 2.73. The molecule has 0 spiro atoms. The van der Waals surface area contributed by atoms with Gasteiger partial charge in [-0.2, -0.15) is 0 Å². The summed E-state index contributed by atoms with van der Waals surface area (Å²) in [4.78, 5) is 0. The highest BCUT2D eigenvalue weighted by atomic mass is 79.9. The zero-order valence-corrected chi connectivity index (χ0v) is 11.4. The molecule has 0 amide bonds. The van der Waals surface area contributed by atoms with Crippen molar-refractivity contribution in [2.45, 2.75) is 13.5 Å². The predicted octanol–water partition coefficient (Wildman–Crippen LogP) is 4.65. The van der Waals surface area contributed by atoms with Crippen molar-refractivity contribution in [2.24, 2.45) is 0 Å². The van der Waals surface area contributed by atoms with E-state index in [2.05, 4.69) is 21.2 Å². The Morgan fingerprint density at radius 1 is 1.11 bits per heavy atom. The molecule has 0 atom stereocenters. The van der Waals surface area contributed by atoms with Crippen molar-refractivity contribution >= 4 is 21.6 Å². The van der Waals surface area contributed by atoms with E-state index in [4.69, 9.17) is 0 Å². The first-order valence-corrected chi connectivity index (χ1v) is 6.30. The minimum atomic E-state index is -0.301. The molecule has 0 saturated carbocycles. The van der Waals surface area contributed by atoms with E-state index in [1.54, 1.807) is 25.1 Å². The summed E-state index contributed by atoms with van der Waals surface area (Å²) in [6.45, 7) is 2.16. The Bertz CT molecular complexity index is 570. The van der Waals surface area contributed by atoms with Crippen LogP contribution in [-0.2, 0) is 6.54 Å². The third-order valence-corrected chi connectivity index (χ3v) is 3.38. The number of rotatable bonds is 3. The molecule has 0 radical (unpaired) electrons. The van der Waals surface area contributed by atoms with Crippen molar-refractivity contribution in [3.63, 3.8) is 0 Å². The molecule has 1 N–H and O–H groups in total. The number of hydrogen-bond acceptors (Lipinski definition) is 1. The van der Waals surface area contributed by atoms with Crippen molar-refractivity contribution in [3.05, 3.63) is 63.6 Å². The SMILES string of the molecule is Cc1c(F)cccc1NCc1ccc(Br)c(F)c1. The summed E-state index contributed by atoms with van der Waals surface area (Å²) in [5, 5.41) is 3.09. The Morgan fingerprint density at radius 2 is 1.89 bits per heavy atom. The third kappa shape index (κ3) is 2.88. The van der Waals surface area contributed by atoms with Crippen molar-refractivity contribution < 1.29 is 8.78 Å². The lowest BCUT2D eigenvalue weighted by molar-refractivity contribution is 0.617. The van der Waals surface area contributed by atoms with Gasteiger partial charge in [-0.05, 0) is 52.7 Å². The lowest BCUT2D eigenvalue weighted by Gasteiger charge is -2.10. The Labute approximate surface area is 113 Å². The second-order valence-corrected chi connectivity index (χ2v) is 4.87. The Balaban J connectivity index is 2.11. The minimum absolute atomic E-state index is 0.248. The molecule has 0 saturated heterocycles. The van der Waals surface area contributed by atoms with Crippen LogP contribution >= 0.6 is 15.9 Å². The van der Waals surface area contributed by atoms with Gasteiger partial charge in [-0.15, -0.1) is 0 Å². The molecule has 0 heterocycles. The van der Waals surface area contributed by atoms with E-state index in [1.165, 1.54) is 12.1 Å². The molecule has 2 aromatic carbocycles. The van der Waals surface area contributed by atoms with Gasteiger partial charge in [-0.1, -0.05) is 12.1 Å². The highest BCUT2D eigenvalue weighted by Crippen LogP contribution is 2.20. The van der Waals surface area contributed by atoms with Crippen molar-refractivity contribution in [1.82, 2.24) is 0 Å². The van der Waals surface area contributed by atoms with Gasteiger partial charge in [0.05, 0.1) is 4.47 Å². The lowest BCUT2D eigenvalue weighted by atomic mass is 10.1. The first-order chi connectivity index (χ1) is 8.58. The van der Waals surface area contributed by atoms with E-state index >= 15 is 0 Å². The van der Waals surface area contributed by atoms with E-state index in [0.717, 1.165) is 11.3 Å². The maximum Gasteiger partial charge on any atom is 0.137 e. The van der Waals surface area contributed by atoms with Gasteiger partial charge in [0, 0.05) is 17.8 Å². The summed E-state index contributed by atoms with van der Waals surface area (Å²) in [6, 6.07) is 9.78. The van der Waals surface area contributed by atoms with Gasteiger partial charge >= 0.3 is 0 Å². The predicted molar refractivity (Wildman–Crippen MR) is 72.6 cm³/mol. The summed E-state index contributed by atoms with van der Waals surface area (Å²) < 4.78 is 27.1. The summed E-state index contributed by atoms with van der Waals surface area (Å²) in [5.74, 6) is -0.549. The normalized spacial score (nSPS) is 10.4. The Morgan fingerprint density at radius 3 is 2.61 bits per heavy atom. The summed E-state index contributed by atoms with van der Waals surface area (Å²) in [5.41, 5.74) is 2.09. The van der Waals surface area contributed by atoms with Gasteiger partial charge in [0.2, 0.25) is 0 Å².